The SMILES string of the molecule is O=C1CCc2cc(Oc3cncc(Br)c3)ccc2N1. The number of hydrogen-bond donors (Lipinski definition) is 1. The average Bonchev–Trinajstić information content (AvgIpc) is 2.39. The molecule has 1 aromatic carbocycles. The number of aromatic nitrogens is 1. The summed E-state index contributed by atoms with van der Waals surface area (Å²) in [5, 5.41) is 2.85. The summed E-state index contributed by atoms with van der Waals surface area (Å²) in [6.45, 7) is 0. The minimum atomic E-state index is 0.0670. The molecule has 19 heavy (non-hydrogen) atoms. The lowest BCUT2D eigenvalue weighted by Crippen LogP contribution is -2.18. The molecule has 0 radical (unpaired) electrons. The molecule has 0 saturated carbocycles. The summed E-state index contributed by atoms with van der Waals surface area (Å²) in [6, 6.07) is 7.52. The van der Waals surface area contributed by atoms with Crippen molar-refractivity contribution in [3.63, 3.8) is 0 Å². The van der Waals surface area contributed by atoms with Gasteiger partial charge in [-0.3, -0.25) is 9.78 Å². The van der Waals surface area contributed by atoms with Crippen LogP contribution < -0.4 is 10.1 Å². The Balaban J connectivity index is 1.85. The maximum atomic E-state index is 11.3. The van der Waals surface area contributed by atoms with Gasteiger partial charge in [0.2, 0.25) is 5.91 Å². The van der Waals surface area contributed by atoms with E-state index in [1.807, 2.05) is 24.3 Å². The minimum absolute atomic E-state index is 0.0670. The zero-order chi connectivity index (χ0) is 13.2. The number of rotatable bonds is 2. The van der Waals surface area contributed by atoms with E-state index in [1.165, 1.54) is 0 Å². The number of fused-ring (bicyclic) bond motifs is 1. The Hall–Kier alpha value is -1.88. The Morgan fingerprint density at radius 2 is 2.05 bits per heavy atom. The molecule has 0 aliphatic carbocycles. The van der Waals surface area contributed by atoms with Crippen LogP contribution in [0.5, 0.6) is 11.5 Å². The van der Waals surface area contributed by atoms with Gasteiger partial charge in [-0.05, 0) is 52.2 Å². The molecule has 3 rings (SSSR count). The third-order valence-corrected chi connectivity index (χ3v) is 3.32. The van der Waals surface area contributed by atoms with Crippen LogP contribution in [-0.4, -0.2) is 10.9 Å². The Bertz CT molecular complexity index is 643. The van der Waals surface area contributed by atoms with E-state index in [4.69, 9.17) is 4.74 Å². The van der Waals surface area contributed by atoms with Gasteiger partial charge in [0.25, 0.3) is 0 Å². The highest BCUT2D eigenvalue weighted by Gasteiger charge is 2.15. The Morgan fingerprint density at radius 3 is 2.89 bits per heavy atom. The molecule has 2 heterocycles. The van der Waals surface area contributed by atoms with Crippen LogP contribution in [0.4, 0.5) is 5.69 Å². The van der Waals surface area contributed by atoms with Gasteiger partial charge in [-0.15, -0.1) is 0 Å². The average molecular weight is 319 g/mol. The molecule has 2 aromatic rings. The monoisotopic (exact) mass is 318 g/mol. The number of hydrogen-bond acceptors (Lipinski definition) is 3. The maximum Gasteiger partial charge on any atom is 0.224 e. The first-order chi connectivity index (χ1) is 9.20. The van der Waals surface area contributed by atoms with Crippen LogP contribution in [0.1, 0.15) is 12.0 Å². The van der Waals surface area contributed by atoms with Gasteiger partial charge in [0.05, 0.1) is 6.20 Å². The number of halogens is 1. The second kappa shape index (κ2) is 5.01. The quantitative estimate of drug-likeness (QED) is 0.921. The van der Waals surface area contributed by atoms with Crippen molar-refractivity contribution in [2.75, 3.05) is 5.32 Å². The van der Waals surface area contributed by atoms with Crippen molar-refractivity contribution in [3.05, 3.63) is 46.7 Å². The fraction of sp³-hybridized carbons (Fsp3) is 0.143. The van der Waals surface area contributed by atoms with Gasteiger partial charge in [0.1, 0.15) is 11.5 Å². The van der Waals surface area contributed by atoms with Crippen LogP contribution in [0.15, 0.2) is 41.1 Å². The molecule has 0 spiro atoms. The fourth-order valence-corrected chi connectivity index (χ4v) is 2.35. The number of ether oxygens (including phenoxy) is 1. The lowest BCUT2D eigenvalue weighted by Gasteiger charge is -2.17. The van der Waals surface area contributed by atoms with Crippen molar-refractivity contribution >= 4 is 27.5 Å². The zero-order valence-corrected chi connectivity index (χ0v) is 11.6. The summed E-state index contributed by atoms with van der Waals surface area (Å²) in [5.74, 6) is 1.49. The predicted octanol–water partition coefficient (Wildman–Crippen LogP) is 3.52. The van der Waals surface area contributed by atoms with Gasteiger partial charge < -0.3 is 10.1 Å². The molecule has 1 N–H and O–H groups in total. The van der Waals surface area contributed by atoms with E-state index >= 15 is 0 Å². The second-order valence-electron chi connectivity index (χ2n) is 4.31. The topological polar surface area (TPSA) is 51.2 Å². The second-order valence-corrected chi connectivity index (χ2v) is 5.22. The Kier molecular flexibility index (Phi) is 3.21. The molecule has 0 atom stereocenters. The summed E-state index contributed by atoms with van der Waals surface area (Å²) < 4.78 is 6.62. The Morgan fingerprint density at radius 1 is 1.16 bits per heavy atom. The first-order valence-corrected chi connectivity index (χ1v) is 6.71. The van der Waals surface area contributed by atoms with Crippen LogP contribution in [0.3, 0.4) is 0 Å². The van der Waals surface area contributed by atoms with E-state index in [9.17, 15) is 4.79 Å². The van der Waals surface area contributed by atoms with Crippen LogP contribution >= 0.6 is 15.9 Å². The highest BCUT2D eigenvalue weighted by Crippen LogP contribution is 2.29. The van der Waals surface area contributed by atoms with Gasteiger partial charge in [-0.25, -0.2) is 0 Å². The standard InChI is InChI=1S/C14H11BrN2O2/c15-10-6-12(8-16-7-10)19-11-2-3-13-9(5-11)1-4-14(18)17-13/h2-3,5-8H,1,4H2,(H,17,18). The molecule has 0 bridgehead atoms. The summed E-state index contributed by atoms with van der Waals surface area (Å²) in [5.41, 5.74) is 1.97. The van der Waals surface area contributed by atoms with Gasteiger partial charge in [0, 0.05) is 22.8 Å². The van der Waals surface area contributed by atoms with Crippen molar-refractivity contribution < 1.29 is 9.53 Å². The predicted molar refractivity (Wildman–Crippen MR) is 75.4 cm³/mol. The largest absolute Gasteiger partial charge is 0.456 e. The van der Waals surface area contributed by atoms with Crippen LogP contribution in [0.25, 0.3) is 0 Å². The van der Waals surface area contributed by atoms with Gasteiger partial charge in [-0.1, -0.05) is 0 Å². The first kappa shape index (κ1) is 12.2. The first-order valence-electron chi connectivity index (χ1n) is 5.92. The number of amides is 1. The van der Waals surface area contributed by atoms with Gasteiger partial charge in [0.15, 0.2) is 0 Å². The fourth-order valence-electron chi connectivity index (χ4n) is 2.01. The third kappa shape index (κ3) is 2.76. The van der Waals surface area contributed by atoms with E-state index in [2.05, 4.69) is 26.2 Å². The normalized spacial score (nSPS) is 13.6. The molecule has 0 unspecified atom stereocenters. The summed E-state index contributed by atoms with van der Waals surface area (Å²) in [6.07, 6.45) is 4.63. The molecule has 1 aromatic heterocycles. The summed E-state index contributed by atoms with van der Waals surface area (Å²) >= 11 is 3.35. The van der Waals surface area contributed by atoms with E-state index in [0.717, 1.165) is 27.9 Å². The third-order valence-electron chi connectivity index (χ3n) is 2.89. The highest BCUT2D eigenvalue weighted by atomic mass is 79.9. The van der Waals surface area contributed by atoms with E-state index in [-0.39, 0.29) is 5.91 Å². The molecule has 0 fully saturated rings. The summed E-state index contributed by atoms with van der Waals surface area (Å²) in [7, 11) is 0. The van der Waals surface area contributed by atoms with Crippen molar-refractivity contribution in [3.8, 4) is 11.5 Å². The van der Waals surface area contributed by atoms with Gasteiger partial charge in [-0.2, -0.15) is 0 Å². The number of nitrogens with one attached hydrogen (secondary N) is 1. The molecule has 1 amide bonds. The van der Waals surface area contributed by atoms with Crippen molar-refractivity contribution in [1.82, 2.24) is 4.98 Å². The molecule has 4 nitrogen and oxygen atoms in total. The zero-order valence-electron chi connectivity index (χ0n) is 10.0. The number of benzene rings is 1. The number of pyridine rings is 1. The number of nitrogens with zero attached hydrogens (tertiary/aromatic N) is 1. The van der Waals surface area contributed by atoms with Crippen LogP contribution in [-0.2, 0) is 11.2 Å². The van der Waals surface area contributed by atoms with E-state index in [1.54, 1.807) is 12.4 Å². The van der Waals surface area contributed by atoms with Crippen LogP contribution in [0, 0.1) is 0 Å². The lowest BCUT2D eigenvalue weighted by atomic mass is 10.0. The van der Waals surface area contributed by atoms with Crippen molar-refractivity contribution in [2.45, 2.75) is 12.8 Å². The van der Waals surface area contributed by atoms with E-state index < -0.39 is 0 Å². The molecule has 1 aliphatic rings. The molecular formula is C14H11BrN2O2. The number of carbonyl (C=O) groups is 1. The molecule has 1 aliphatic heterocycles. The molecule has 96 valence electrons. The maximum absolute atomic E-state index is 11.3. The molecule has 0 saturated heterocycles. The number of anilines is 1. The Labute approximate surface area is 118 Å². The molecular weight excluding hydrogens is 308 g/mol. The van der Waals surface area contributed by atoms with Crippen LogP contribution in [0.2, 0.25) is 0 Å². The lowest BCUT2D eigenvalue weighted by molar-refractivity contribution is -0.116. The highest BCUT2D eigenvalue weighted by molar-refractivity contribution is 9.10. The summed E-state index contributed by atoms with van der Waals surface area (Å²) in [4.78, 5) is 15.3. The number of aryl methyl sites for hydroxylation is 1. The van der Waals surface area contributed by atoms with E-state index in [0.29, 0.717) is 12.2 Å². The number of carbonyl (C=O) groups excluding carboxylic acids is 1. The van der Waals surface area contributed by atoms with Crippen molar-refractivity contribution in [2.24, 2.45) is 0 Å². The molecule has 5 heteroatoms. The van der Waals surface area contributed by atoms with Gasteiger partial charge >= 0.3 is 0 Å². The smallest absolute Gasteiger partial charge is 0.224 e. The van der Waals surface area contributed by atoms with Crippen molar-refractivity contribution in [1.29, 1.82) is 0 Å². The minimum Gasteiger partial charge on any atom is -0.456 e.